The minimum Gasteiger partial charge on any atom is -0.305 e. The largest absolute Gasteiger partial charge is 0.305 e. The third-order valence-corrected chi connectivity index (χ3v) is 18.4. The van der Waals surface area contributed by atoms with E-state index < -0.39 is 0 Å². The third-order valence-electron chi connectivity index (χ3n) is 18.4. The average Bonchev–Trinajstić information content (AvgIpc) is 3.90. The first-order valence-electron chi connectivity index (χ1n) is 23.6. The Bertz CT molecular complexity index is 3070. The Morgan fingerprint density at radius 1 is 0.550 bits per heavy atom. The van der Waals surface area contributed by atoms with Gasteiger partial charge < -0.3 is 4.40 Å². The standard InChI is InChI=1S/C57H53N3/c1-56(2,3)39-24-42(32-10-6-4-7-11-32)48(43(25-39)33-12-8-5-9-13-33)35-21-44-51-46(28-58-53-36-17-30-14-31(18-36)16-34(15-30)49(51)53)60-47-29-59-54-38-20-41-23-40-19-37(26-57(40,41)27-38)50(54)52(47)45(22-35)55(44)60/h4-13,21-22,24-25,28-31,34,36-38,40-41H,14-20,23,26-27H2,1-3H3. The SMILES string of the molecule is CC(C)(C)c1cc(-c2ccccc2)c(-c2cc3c4c5c(ncc4n4c6cnc7c(c6c(c2)c34)C2CC3CC4CC7CC43C2)C2CC3CC(C2)CC5C3)c(-c2ccccc2)c1. The first-order chi connectivity index (χ1) is 29.3. The van der Waals surface area contributed by atoms with Crippen LogP contribution >= 0.6 is 0 Å². The fraction of sp³-hybridized carbons (Fsp3) is 0.404. The second-order valence-electron chi connectivity index (χ2n) is 22.3. The van der Waals surface area contributed by atoms with E-state index in [1.165, 1.54) is 153 Å². The van der Waals surface area contributed by atoms with Crippen LogP contribution in [0.5, 0.6) is 0 Å². The molecule has 3 nitrogen and oxygen atoms in total. The summed E-state index contributed by atoms with van der Waals surface area (Å²) in [6.07, 6.45) is 18.3. The predicted octanol–water partition coefficient (Wildman–Crippen LogP) is 14.7. The van der Waals surface area contributed by atoms with Crippen molar-refractivity contribution in [3.63, 3.8) is 0 Å². The monoisotopic (exact) mass is 779 g/mol. The highest BCUT2D eigenvalue weighted by molar-refractivity contribution is 6.26. The number of pyridine rings is 2. The maximum atomic E-state index is 5.61. The summed E-state index contributed by atoms with van der Waals surface area (Å²) >= 11 is 0. The highest BCUT2D eigenvalue weighted by Crippen LogP contribution is 2.76. The van der Waals surface area contributed by atoms with E-state index in [0.717, 1.165) is 23.7 Å². The molecule has 7 unspecified atom stereocenters. The van der Waals surface area contributed by atoms with Gasteiger partial charge in [-0.2, -0.15) is 0 Å². The van der Waals surface area contributed by atoms with E-state index in [0.29, 0.717) is 29.1 Å². The lowest BCUT2D eigenvalue weighted by Gasteiger charge is -2.48. The maximum absolute atomic E-state index is 5.61. The molecule has 3 heteroatoms. The Balaban J connectivity index is 1.11. The van der Waals surface area contributed by atoms with E-state index >= 15 is 0 Å². The number of fused-ring (bicyclic) bond motifs is 12. The zero-order chi connectivity index (χ0) is 39.4. The molecule has 1 spiro atoms. The van der Waals surface area contributed by atoms with Gasteiger partial charge in [0.25, 0.3) is 0 Å². The topological polar surface area (TPSA) is 30.2 Å². The summed E-state index contributed by atoms with van der Waals surface area (Å²) in [5, 5.41) is 5.91. The Kier molecular flexibility index (Phi) is 6.32. The predicted molar refractivity (Wildman–Crippen MR) is 245 cm³/mol. The first-order valence-corrected chi connectivity index (χ1v) is 23.6. The van der Waals surface area contributed by atoms with E-state index in [2.05, 4.69) is 122 Å². The van der Waals surface area contributed by atoms with Crippen LogP contribution in [0.1, 0.15) is 137 Å². The minimum absolute atomic E-state index is 0.0117. The summed E-state index contributed by atoms with van der Waals surface area (Å²) in [7, 11) is 0. The first kappa shape index (κ1) is 33.7. The molecule has 0 aliphatic heterocycles. The summed E-state index contributed by atoms with van der Waals surface area (Å²) in [5.41, 5.74) is 20.1. The molecule has 60 heavy (non-hydrogen) atoms. The average molecular weight is 780 g/mol. The second-order valence-corrected chi connectivity index (χ2v) is 22.3. The van der Waals surface area contributed by atoms with Gasteiger partial charge >= 0.3 is 0 Å². The fourth-order valence-corrected chi connectivity index (χ4v) is 16.2. The molecule has 5 fully saturated rings. The van der Waals surface area contributed by atoms with Crippen molar-refractivity contribution < 1.29 is 0 Å². The molecule has 0 saturated heterocycles. The van der Waals surface area contributed by atoms with Crippen molar-refractivity contribution in [1.82, 2.24) is 14.4 Å². The summed E-state index contributed by atoms with van der Waals surface area (Å²) < 4.78 is 2.67. The van der Waals surface area contributed by atoms with E-state index in [1.54, 1.807) is 11.1 Å². The van der Waals surface area contributed by atoms with E-state index in [9.17, 15) is 0 Å². The van der Waals surface area contributed by atoms with Gasteiger partial charge in [-0.1, -0.05) is 81.4 Å². The van der Waals surface area contributed by atoms with Crippen molar-refractivity contribution in [3.05, 3.63) is 125 Å². The van der Waals surface area contributed by atoms with E-state index in [4.69, 9.17) is 9.97 Å². The van der Waals surface area contributed by atoms with Crippen LogP contribution in [-0.2, 0) is 5.41 Å². The van der Waals surface area contributed by atoms with Crippen LogP contribution in [0.25, 0.3) is 71.5 Å². The second kappa shape index (κ2) is 11.3. The summed E-state index contributed by atoms with van der Waals surface area (Å²) in [4.78, 5) is 11.2. The lowest BCUT2D eigenvalue weighted by atomic mass is 9.56. The van der Waals surface area contributed by atoms with Crippen molar-refractivity contribution in [2.45, 2.75) is 114 Å². The molecule has 5 saturated carbocycles. The molecule has 8 aromatic rings. The third kappa shape index (κ3) is 4.18. The molecule has 7 bridgehead atoms. The summed E-state index contributed by atoms with van der Waals surface area (Å²) in [6.45, 7) is 7.11. The highest BCUT2D eigenvalue weighted by atomic mass is 15.0. The number of hydrogen-bond acceptors (Lipinski definition) is 2. The van der Waals surface area contributed by atoms with Gasteiger partial charge in [0.1, 0.15) is 0 Å². The number of benzene rings is 4. The lowest BCUT2D eigenvalue weighted by molar-refractivity contribution is 0.00321. The molecule has 8 aliphatic carbocycles. The Labute approximate surface area is 353 Å². The molecule has 16 rings (SSSR count). The molecule has 8 aliphatic rings. The van der Waals surface area contributed by atoms with Crippen molar-refractivity contribution in [1.29, 1.82) is 0 Å². The molecule has 4 aromatic carbocycles. The molecule has 7 atom stereocenters. The maximum Gasteiger partial charge on any atom is 0.0728 e. The normalized spacial score (nSPS) is 30.6. The van der Waals surface area contributed by atoms with Crippen molar-refractivity contribution in [2.75, 3.05) is 0 Å². The van der Waals surface area contributed by atoms with Gasteiger partial charge in [-0.3, -0.25) is 9.97 Å². The van der Waals surface area contributed by atoms with Gasteiger partial charge in [-0.05, 0) is 185 Å². The van der Waals surface area contributed by atoms with E-state index in [1.807, 2.05) is 0 Å². The Morgan fingerprint density at radius 2 is 1.08 bits per heavy atom. The Morgan fingerprint density at radius 3 is 1.68 bits per heavy atom. The zero-order valence-corrected chi connectivity index (χ0v) is 35.3. The number of nitrogens with zero attached hydrogens (tertiary/aromatic N) is 3. The van der Waals surface area contributed by atoms with E-state index in [-0.39, 0.29) is 5.41 Å². The van der Waals surface area contributed by atoms with Crippen LogP contribution < -0.4 is 0 Å². The quantitative estimate of drug-likeness (QED) is 0.179. The molecule has 4 aromatic heterocycles. The van der Waals surface area contributed by atoms with Gasteiger partial charge in [0, 0.05) is 44.8 Å². The zero-order valence-electron chi connectivity index (χ0n) is 35.3. The van der Waals surface area contributed by atoms with Crippen LogP contribution in [0.4, 0.5) is 0 Å². The Hall–Kier alpha value is -5.02. The number of hydrogen-bond donors (Lipinski definition) is 0. The number of rotatable bonds is 3. The van der Waals surface area contributed by atoms with Gasteiger partial charge in [0.15, 0.2) is 0 Å². The molecule has 296 valence electrons. The van der Waals surface area contributed by atoms with Crippen molar-refractivity contribution in [3.8, 4) is 33.4 Å². The molecular formula is C57H53N3. The lowest BCUT2D eigenvalue weighted by Crippen LogP contribution is -2.41. The van der Waals surface area contributed by atoms with Gasteiger partial charge in [0.2, 0.25) is 0 Å². The summed E-state index contributed by atoms with van der Waals surface area (Å²) in [6, 6.07) is 32.9. The number of aromatic nitrogens is 3. The van der Waals surface area contributed by atoms with Crippen LogP contribution in [0, 0.1) is 29.1 Å². The van der Waals surface area contributed by atoms with Crippen LogP contribution in [0.15, 0.2) is 97.3 Å². The smallest absolute Gasteiger partial charge is 0.0728 e. The van der Waals surface area contributed by atoms with Gasteiger partial charge in [-0.25, -0.2) is 0 Å². The van der Waals surface area contributed by atoms with Gasteiger partial charge in [0.05, 0.1) is 28.9 Å². The van der Waals surface area contributed by atoms with Crippen LogP contribution in [0.3, 0.4) is 0 Å². The molecule has 0 N–H and O–H groups in total. The molecule has 0 radical (unpaired) electrons. The minimum atomic E-state index is -0.0117. The van der Waals surface area contributed by atoms with Crippen LogP contribution in [-0.4, -0.2) is 14.4 Å². The highest BCUT2D eigenvalue weighted by Gasteiger charge is 2.66. The van der Waals surface area contributed by atoms with Crippen molar-refractivity contribution in [2.24, 2.45) is 29.1 Å². The fourth-order valence-electron chi connectivity index (χ4n) is 16.2. The molecular weight excluding hydrogens is 727 g/mol. The summed E-state index contributed by atoms with van der Waals surface area (Å²) in [5.74, 6) is 5.99. The molecule has 4 heterocycles. The van der Waals surface area contributed by atoms with Crippen molar-refractivity contribution >= 4 is 38.1 Å². The van der Waals surface area contributed by atoms with Crippen LogP contribution in [0.2, 0.25) is 0 Å². The van der Waals surface area contributed by atoms with Gasteiger partial charge in [-0.15, -0.1) is 0 Å². The molecule has 0 amide bonds.